The molecule has 0 aromatic heterocycles. The summed E-state index contributed by atoms with van der Waals surface area (Å²) in [7, 11) is 0. The zero-order valence-electron chi connectivity index (χ0n) is 11.2. The summed E-state index contributed by atoms with van der Waals surface area (Å²) in [4.78, 5) is 12.2. The van der Waals surface area contributed by atoms with Crippen molar-refractivity contribution in [3.63, 3.8) is 0 Å². The predicted octanol–water partition coefficient (Wildman–Crippen LogP) is 3.18. The van der Waals surface area contributed by atoms with Gasteiger partial charge in [-0.15, -0.1) is 0 Å². The summed E-state index contributed by atoms with van der Waals surface area (Å²) in [5, 5.41) is 0.377. The Labute approximate surface area is 123 Å². The smallest absolute Gasteiger partial charge is 0.340 e. The molecule has 1 saturated heterocycles. The molecule has 1 aliphatic heterocycles. The van der Waals surface area contributed by atoms with Crippen molar-refractivity contribution in [1.29, 1.82) is 0 Å². The Bertz CT molecular complexity index is 528. The molecule has 108 valence electrons. The monoisotopic (exact) mass is 295 g/mol. The number of carbonyl (C=O) groups is 1. The van der Waals surface area contributed by atoms with E-state index in [9.17, 15) is 4.79 Å². The zero-order chi connectivity index (χ0) is 14.2. The topological polar surface area (TPSA) is 61.6 Å². The van der Waals surface area contributed by atoms with Crippen LogP contribution in [0.3, 0.4) is 0 Å². The minimum Gasteiger partial charge on any atom is -0.459 e. The van der Waals surface area contributed by atoms with Crippen molar-refractivity contribution in [3.05, 3.63) is 28.8 Å². The van der Waals surface area contributed by atoms with Crippen LogP contribution in [-0.2, 0) is 9.47 Å². The van der Waals surface area contributed by atoms with Crippen molar-refractivity contribution >= 4 is 23.3 Å². The second-order valence-corrected chi connectivity index (χ2v) is 6.01. The van der Waals surface area contributed by atoms with Crippen LogP contribution in [0.25, 0.3) is 0 Å². The number of benzene rings is 1. The maximum atomic E-state index is 12.2. The molecule has 1 atom stereocenters. The first-order chi connectivity index (χ1) is 9.60. The highest BCUT2D eigenvalue weighted by atomic mass is 35.5. The Morgan fingerprint density at radius 3 is 2.95 bits per heavy atom. The van der Waals surface area contributed by atoms with Gasteiger partial charge in [-0.05, 0) is 31.4 Å². The molecule has 5 heteroatoms. The Hall–Kier alpha value is -1.26. The second kappa shape index (κ2) is 5.26. The second-order valence-electron chi connectivity index (χ2n) is 5.61. The van der Waals surface area contributed by atoms with E-state index >= 15 is 0 Å². The number of ether oxygens (including phenoxy) is 2. The lowest BCUT2D eigenvalue weighted by Gasteiger charge is -2.46. The first kappa shape index (κ1) is 13.7. The van der Waals surface area contributed by atoms with E-state index in [1.54, 1.807) is 18.2 Å². The van der Waals surface area contributed by atoms with Crippen LogP contribution in [-0.4, -0.2) is 24.3 Å². The summed E-state index contributed by atoms with van der Waals surface area (Å²) in [6.45, 7) is 0.656. The van der Waals surface area contributed by atoms with E-state index in [0.717, 1.165) is 25.7 Å². The number of hydrogen-bond donors (Lipinski definition) is 1. The molecule has 1 aliphatic carbocycles. The molecule has 1 aromatic rings. The minimum absolute atomic E-state index is 0.0386. The molecule has 0 bridgehead atoms. The van der Waals surface area contributed by atoms with Crippen molar-refractivity contribution in [1.82, 2.24) is 0 Å². The zero-order valence-corrected chi connectivity index (χ0v) is 12.0. The number of nitrogens with two attached hydrogens (primary N) is 1. The normalized spacial score (nSPS) is 24.1. The Morgan fingerprint density at radius 2 is 2.25 bits per heavy atom. The third-order valence-electron chi connectivity index (χ3n) is 4.26. The fourth-order valence-electron chi connectivity index (χ4n) is 2.93. The van der Waals surface area contributed by atoms with Crippen LogP contribution in [0.1, 0.15) is 42.5 Å². The summed E-state index contributed by atoms with van der Waals surface area (Å²) in [6.07, 6.45) is 4.78. The average Bonchev–Trinajstić information content (AvgIpc) is 2.40. The molecule has 2 N–H and O–H groups in total. The molecule has 3 rings (SSSR count). The molecular weight excluding hydrogens is 278 g/mol. The van der Waals surface area contributed by atoms with Gasteiger partial charge >= 0.3 is 5.97 Å². The Morgan fingerprint density at radius 1 is 1.45 bits per heavy atom. The van der Waals surface area contributed by atoms with Crippen molar-refractivity contribution in [2.24, 2.45) is 0 Å². The maximum Gasteiger partial charge on any atom is 0.340 e. The number of halogens is 1. The predicted molar refractivity (Wildman–Crippen MR) is 76.8 cm³/mol. The van der Waals surface area contributed by atoms with Gasteiger partial charge < -0.3 is 15.2 Å². The van der Waals surface area contributed by atoms with Crippen LogP contribution in [0.2, 0.25) is 5.02 Å². The number of hydrogen-bond acceptors (Lipinski definition) is 4. The molecule has 2 fully saturated rings. The van der Waals surface area contributed by atoms with Crippen LogP contribution < -0.4 is 5.73 Å². The quantitative estimate of drug-likeness (QED) is 0.672. The highest BCUT2D eigenvalue weighted by molar-refractivity contribution is 6.33. The van der Waals surface area contributed by atoms with Crippen LogP contribution >= 0.6 is 11.6 Å². The highest BCUT2D eigenvalue weighted by Gasteiger charge is 2.43. The third-order valence-corrected chi connectivity index (χ3v) is 4.59. The minimum atomic E-state index is -0.397. The van der Waals surface area contributed by atoms with Crippen LogP contribution in [0.4, 0.5) is 5.69 Å². The summed E-state index contributed by atoms with van der Waals surface area (Å²) in [5.41, 5.74) is 6.40. The number of rotatable bonds is 2. The van der Waals surface area contributed by atoms with E-state index in [2.05, 4.69) is 0 Å². The third kappa shape index (κ3) is 2.50. The van der Waals surface area contributed by atoms with E-state index < -0.39 is 5.97 Å². The van der Waals surface area contributed by atoms with E-state index in [1.807, 2.05) is 0 Å². The van der Waals surface area contributed by atoms with E-state index in [4.69, 9.17) is 26.8 Å². The van der Waals surface area contributed by atoms with Crippen molar-refractivity contribution < 1.29 is 14.3 Å². The number of nitrogen functional groups attached to an aromatic ring is 1. The van der Waals surface area contributed by atoms with Gasteiger partial charge in [0.2, 0.25) is 0 Å². The van der Waals surface area contributed by atoms with E-state index in [1.165, 1.54) is 6.42 Å². The Kier molecular flexibility index (Phi) is 3.61. The maximum absolute atomic E-state index is 12.2. The standard InChI is InChI=1S/C15H18ClNO3/c16-12-4-1-3-11(13(12)17)14(18)20-10-5-8-19-15(9-10)6-2-7-15/h1,3-4,10H,2,5-9,17H2. The molecular formula is C15H18ClNO3. The fourth-order valence-corrected chi connectivity index (χ4v) is 3.11. The number of carbonyl (C=O) groups excluding carboxylic acids is 1. The fraction of sp³-hybridized carbons (Fsp3) is 0.533. The van der Waals surface area contributed by atoms with Gasteiger partial charge in [-0.3, -0.25) is 0 Å². The number of esters is 1. The molecule has 4 nitrogen and oxygen atoms in total. The molecule has 1 aromatic carbocycles. The largest absolute Gasteiger partial charge is 0.459 e. The van der Waals surface area contributed by atoms with Crippen molar-refractivity contribution in [2.75, 3.05) is 12.3 Å². The summed E-state index contributed by atoms with van der Waals surface area (Å²) >= 11 is 5.92. The molecule has 0 radical (unpaired) electrons. The molecule has 2 aliphatic rings. The van der Waals surface area contributed by atoms with Crippen LogP contribution in [0.5, 0.6) is 0 Å². The van der Waals surface area contributed by atoms with Crippen molar-refractivity contribution in [2.45, 2.75) is 43.8 Å². The molecule has 0 amide bonds. The SMILES string of the molecule is Nc1c(Cl)cccc1C(=O)OC1CCOC2(CCC2)C1. The lowest BCUT2D eigenvalue weighted by atomic mass is 9.74. The Balaban J connectivity index is 1.68. The number of para-hydroxylation sites is 1. The average molecular weight is 296 g/mol. The molecule has 1 unspecified atom stereocenters. The summed E-state index contributed by atoms with van der Waals surface area (Å²) < 4.78 is 11.4. The van der Waals surface area contributed by atoms with Gasteiger partial charge in [0, 0.05) is 12.8 Å². The van der Waals surface area contributed by atoms with Gasteiger partial charge in [0.25, 0.3) is 0 Å². The lowest BCUT2D eigenvalue weighted by Crippen LogP contribution is -2.48. The molecule has 1 saturated carbocycles. The van der Waals surface area contributed by atoms with Crippen molar-refractivity contribution in [3.8, 4) is 0 Å². The van der Waals surface area contributed by atoms with Crippen LogP contribution in [0.15, 0.2) is 18.2 Å². The lowest BCUT2D eigenvalue weighted by molar-refractivity contribution is -0.159. The first-order valence-electron chi connectivity index (χ1n) is 6.99. The van der Waals surface area contributed by atoms with Gasteiger partial charge in [0.1, 0.15) is 6.10 Å². The first-order valence-corrected chi connectivity index (χ1v) is 7.36. The van der Waals surface area contributed by atoms with Gasteiger partial charge in [-0.25, -0.2) is 4.79 Å². The number of anilines is 1. The summed E-state index contributed by atoms with van der Waals surface area (Å²) in [6, 6.07) is 5.00. The summed E-state index contributed by atoms with van der Waals surface area (Å²) in [5.74, 6) is -0.397. The van der Waals surface area contributed by atoms with Gasteiger partial charge in [0.15, 0.2) is 0 Å². The highest BCUT2D eigenvalue weighted by Crippen LogP contribution is 2.43. The van der Waals surface area contributed by atoms with Gasteiger partial charge in [-0.1, -0.05) is 17.7 Å². The molecule has 20 heavy (non-hydrogen) atoms. The van der Waals surface area contributed by atoms with E-state index in [0.29, 0.717) is 17.2 Å². The molecule has 1 spiro atoms. The van der Waals surface area contributed by atoms with Crippen LogP contribution in [0, 0.1) is 0 Å². The van der Waals surface area contributed by atoms with E-state index in [-0.39, 0.29) is 17.4 Å². The van der Waals surface area contributed by atoms with Gasteiger partial charge in [-0.2, -0.15) is 0 Å². The van der Waals surface area contributed by atoms with Gasteiger partial charge in [0.05, 0.1) is 28.5 Å². The molecule has 1 heterocycles.